The Kier molecular flexibility index (Phi) is 8.34. The van der Waals surface area contributed by atoms with Gasteiger partial charge in [-0.3, -0.25) is 14.4 Å². The quantitative estimate of drug-likeness (QED) is 0.350. The first kappa shape index (κ1) is 26.7. The highest BCUT2D eigenvalue weighted by Gasteiger charge is 2.49. The zero-order valence-electron chi connectivity index (χ0n) is 21.2. The number of halogens is 2. The van der Waals surface area contributed by atoms with Crippen molar-refractivity contribution in [2.45, 2.75) is 56.3 Å². The van der Waals surface area contributed by atoms with Crippen molar-refractivity contribution in [1.82, 2.24) is 15.7 Å². The number of likely N-dealkylation sites (N-methyl/N-ethyl adjacent to an activating group) is 1. The minimum atomic E-state index is -0.738. The van der Waals surface area contributed by atoms with Crippen LogP contribution in [0, 0.1) is 0 Å². The van der Waals surface area contributed by atoms with Crippen LogP contribution in [0.1, 0.15) is 64.7 Å². The molecule has 2 N–H and O–H groups in total. The maximum Gasteiger partial charge on any atom is 0.255 e. The molecule has 38 heavy (non-hydrogen) atoms. The van der Waals surface area contributed by atoms with Crippen molar-refractivity contribution in [3.8, 4) is 0 Å². The first-order valence-electron chi connectivity index (χ1n) is 13.0. The number of amides is 2. The first-order valence-corrected chi connectivity index (χ1v) is 13.7. The van der Waals surface area contributed by atoms with Gasteiger partial charge in [0.05, 0.1) is 18.6 Å². The third-order valence-electron chi connectivity index (χ3n) is 7.65. The average Bonchev–Trinajstić information content (AvgIpc) is 2.93. The molecule has 0 saturated heterocycles. The van der Waals surface area contributed by atoms with E-state index in [0.717, 1.165) is 31.2 Å². The van der Waals surface area contributed by atoms with Crippen molar-refractivity contribution in [3.05, 3.63) is 105 Å². The standard InChI is InChI=1S/C30H31Cl2N3O3/c1-33-25-13-7-8-14-26(25)35-28(23-16-15-20(31)17-24(23)32)27(21-11-5-6-12-22(21)30(35)37)29(36)34-38-18-19-9-3-2-4-10-19/h2-6,9-12,15-17,25-28,33H,7-8,13-14,18H2,1H3,(H,34,36)/t25-,26-,27+,28-/m0/s1. The second-order valence-corrected chi connectivity index (χ2v) is 10.7. The molecule has 1 aliphatic heterocycles. The van der Waals surface area contributed by atoms with Crippen molar-refractivity contribution in [2.24, 2.45) is 0 Å². The molecule has 2 aliphatic rings. The molecule has 0 radical (unpaired) electrons. The molecule has 1 aliphatic carbocycles. The number of carbonyl (C=O) groups is 2. The Bertz CT molecular complexity index is 1300. The van der Waals surface area contributed by atoms with E-state index in [1.54, 1.807) is 18.2 Å². The zero-order valence-corrected chi connectivity index (χ0v) is 22.7. The molecule has 1 saturated carbocycles. The summed E-state index contributed by atoms with van der Waals surface area (Å²) in [5, 5.41) is 4.32. The van der Waals surface area contributed by atoms with Gasteiger partial charge in [-0.05, 0) is 54.8 Å². The lowest BCUT2D eigenvalue weighted by Crippen LogP contribution is -2.58. The van der Waals surface area contributed by atoms with Crippen molar-refractivity contribution in [2.75, 3.05) is 7.05 Å². The number of rotatable bonds is 7. The van der Waals surface area contributed by atoms with Gasteiger partial charge in [0.15, 0.2) is 0 Å². The SMILES string of the molecule is CN[C@H]1CCCC[C@@H]1N1C(=O)c2ccccc2[C@@H](C(=O)NOCc2ccccc2)[C@@H]1c1ccc(Cl)cc1Cl. The number of benzene rings is 3. The molecule has 4 atom stereocenters. The fourth-order valence-corrected chi connectivity index (χ4v) is 6.40. The molecule has 6 nitrogen and oxygen atoms in total. The molecule has 0 bridgehead atoms. The smallest absolute Gasteiger partial charge is 0.255 e. The van der Waals surface area contributed by atoms with E-state index in [-0.39, 0.29) is 30.5 Å². The van der Waals surface area contributed by atoms with Gasteiger partial charge in [0.2, 0.25) is 0 Å². The van der Waals surface area contributed by atoms with Gasteiger partial charge in [-0.1, -0.05) is 90.6 Å². The third-order valence-corrected chi connectivity index (χ3v) is 8.21. The summed E-state index contributed by atoms with van der Waals surface area (Å²) in [5.74, 6) is -1.17. The second-order valence-electron chi connectivity index (χ2n) is 9.88. The summed E-state index contributed by atoms with van der Waals surface area (Å²) >= 11 is 13.0. The van der Waals surface area contributed by atoms with Crippen LogP contribution >= 0.6 is 23.2 Å². The van der Waals surface area contributed by atoms with E-state index < -0.39 is 12.0 Å². The minimum absolute atomic E-state index is 0.0991. The predicted octanol–water partition coefficient (Wildman–Crippen LogP) is 6.05. The summed E-state index contributed by atoms with van der Waals surface area (Å²) in [6, 6.07) is 21.6. The van der Waals surface area contributed by atoms with Crippen LogP contribution in [-0.2, 0) is 16.2 Å². The van der Waals surface area contributed by atoms with Crippen LogP contribution in [0.15, 0.2) is 72.8 Å². The highest BCUT2D eigenvalue weighted by molar-refractivity contribution is 6.35. The summed E-state index contributed by atoms with van der Waals surface area (Å²) < 4.78 is 0. The van der Waals surface area contributed by atoms with Crippen molar-refractivity contribution in [3.63, 3.8) is 0 Å². The lowest BCUT2D eigenvalue weighted by molar-refractivity contribution is -0.138. The summed E-state index contributed by atoms with van der Waals surface area (Å²) in [5.41, 5.74) is 5.47. The molecule has 1 heterocycles. The van der Waals surface area contributed by atoms with Gasteiger partial charge >= 0.3 is 0 Å². The van der Waals surface area contributed by atoms with E-state index in [2.05, 4.69) is 10.8 Å². The van der Waals surface area contributed by atoms with Gasteiger partial charge in [-0.25, -0.2) is 5.48 Å². The summed E-state index contributed by atoms with van der Waals surface area (Å²) in [7, 11) is 1.93. The van der Waals surface area contributed by atoms with Gasteiger partial charge in [-0.15, -0.1) is 0 Å². The summed E-state index contributed by atoms with van der Waals surface area (Å²) in [4.78, 5) is 35.7. The number of hydrogen-bond donors (Lipinski definition) is 2. The number of nitrogens with zero attached hydrogens (tertiary/aromatic N) is 1. The van der Waals surface area contributed by atoms with E-state index in [9.17, 15) is 9.59 Å². The predicted molar refractivity (Wildman–Crippen MR) is 149 cm³/mol. The fourth-order valence-electron chi connectivity index (χ4n) is 5.88. The van der Waals surface area contributed by atoms with Gasteiger partial charge < -0.3 is 10.2 Å². The Hall–Kier alpha value is -2.90. The minimum Gasteiger partial charge on any atom is -0.326 e. The second kappa shape index (κ2) is 11.9. The Morgan fingerprint density at radius 2 is 1.71 bits per heavy atom. The third kappa shape index (κ3) is 5.32. The molecule has 0 spiro atoms. The van der Waals surface area contributed by atoms with E-state index >= 15 is 0 Å². The van der Waals surface area contributed by atoms with E-state index in [4.69, 9.17) is 28.0 Å². The van der Waals surface area contributed by atoms with Gasteiger partial charge in [-0.2, -0.15) is 0 Å². The molecule has 0 aromatic heterocycles. The fraction of sp³-hybridized carbons (Fsp3) is 0.333. The molecular formula is C30H31Cl2N3O3. The van der Waals surface area contributed by atoms with Crippen LogP contribution in [0.4, 0.5) is 0 Å². The Morgan fingerprint density at radius 1 is 0.974 bits per heavy atom. The number of hydrogen-bond acceptors (Lipinski definition) is 4. The lowest BCUT2D eigenvalue weighted by atomic mass is 9.76. The van der Waals surface area contributed by atoms with Gasteiger partial charge in [0.1, 0.15) is 0 Å². The Morgan fingerprint density at radius 3 is 2.47 bits per heavy atom. The summed E-state index contributed by atoms with van der Waals surface area (Å²) in [6.45, 7) is 0.223. The van der Waals surface area contributed by atoms with Gasteiger partial charge in [0.25, 0.3) is 11.8 Å². The maximum absolute atomic E-state index is 14.2. The monoisotopic (exact) mass is 551 g/mol. The Balaban J connectivity index is 1.58. The van der Waals surface area contributed by atoms with Crippen LogP contribution in [-0.4, -0.2) is 35.8 Å². The topological polar surface area (TPSA) is 70.7 Å². The highest BCUT2D eigenvalue weighted by atomic mass is 35.5. The molecule has 1 fully saturated rings. The van der Waals surface area contributed by atoms with Crippen molar-refractivity contribution < 1.29 is 14.4 Å². The molecule has 2 amide bonds. The number of nitrogens with one attached hydrogen (secondary N) is 2. The van der Waals surface area contributed by atoms with Crippen LogP contribution in [0.3, 0.4) is 0 Å². The first-order chi connectivity index (χ1) is 18.5. The van der Waals surface area contributed by atoms with E-state index in [1.807, 2.05) is 66.5 Å². The molecule has 3 aromatic carbocycles. The van der Waals surface area contributed by atoms with Gasteiger partial charge in [0, 0.05) is 27.7 Å². The van der Waals surface area contributed by atoms with Crippen LogP contribution in [0.2, 0.25) is 10.0 Å². The van der Waals surface area contributed by atoms with Crippen LogP contribution in [0.25, 0.3) is 0 Å². The van der Waals surface area contributed by atoms with E-state index in [0.29, 0.717) is 26.7 Å². The average molecular weight is 553 g/mol. The number of carbonyl (C=O) groups excluding carboxylic acids is 2. The normalized spacial score (nSPS) is 23.1. The molecule has 0 unspecified atom stereocenters. The van der Waals surface area contributed by atoms with Crippen molar-refractivity contribution in [1.29, 1.82) is 0 Å². The highest BCUT2D eigenvalue weighted by Crippen LogP contribution is 2.47. The zero-order chi connectivity index (χ0) is 26.6. The lowest BCUT2D eigenvalue weighted by Gasteiger charge is -2.49. The molecule has 198 valence electrons. The van der Waals surface area contributed by atoms with Crippen LogP contribution < -0.4 is 10.8 Å². The number of fused-ring (bicyclic) bond motifs is 1. The largest absolute Gasteiger partial charge is 0.326 e. The Labute approximate surface area is 233 Å². The van der Waals surface area contributed by atoms with Crippen LogP contribution in [0.5, 0.6) is 0 Å². The molecule has 8 heteroatoms. The molecule has 5 rings (SSSR count). The van der Waals surface area contributed by atoms with E-state index in [1.165, 1.54) is 0 Å². The van der Waals surface area contributed by atoms with Crippen molar-refractivity contribution >= 4 is 35.0 Å². The maximum atomic E-state index is 14.2. The number of hydroxylamine groups is 1. The molecule has 3 aromatic rings. The molecular weight excluding hydrogens is 521 g/mol. The summed E-state index contributed by atoms with van der Waals surface area (Å²) in [6.07, 6.45) is 3.88.